The number of aromatic nitrogens is 4. The van der Waals surface area contributed by atoms with Crippen molar-refractivity contribution in [2.75, 3.05) is 0 Å². The van der Waals surface area contributed by atoms with Crippen LogP contribution in [0.5, 0.6) is 0 Å². The number of carboxylic acid groups (broad SMARTS) is 1. The van der Waals surface area contributed by atoms with Crippen molar-refractivity contribution in [3.63, 3.8) is 0 Å². The fraction of sp³-hybridized carbons (Fsp3) is 0.800. The third kappa shape index (κ3) is 4.33. The summed E-state index contributed by atoms with van der Waals surface area (Å²) in [5.74, 6) is -0.914. The Kier molecular flexibility index (Phi) is 5.96. The zero-order valence-electron chi connectivity index (χ0n) is 9.91. The van der Waals surface area contributed by atoms with Crippen LogP contribution in [0.15, 0.2) is 5.16 Å². The molecule has 0 spiro atoms. The summed E-state index contributed by atoms with van der Waals surface area (Å²) in [4.78, 5) is 11.1. The van der Waals surface area contributed by atoms with E-state index in [4.69, 9.17) is 5.11 Å². The molecule has 1 rings (SSSR count). The molecule has 0 fully saturated rings. The zero-order chi connectivity index (χ0) is 12.7. The highest BCUT2D eigenvalue weighted by atomic mass is 32.1. The Morgan fingerprint density at radius 3 is 2.65 bits per heavy atom. The maximum absolute atomic E-state index is 11.1. The highest BCUT2D eigenvalue weighted by Crippen LogP contribution is 2.18. The van der Waals surface area contributed by atoms with E-state index in [0.717, 1.165) is 19.3 Å². The minimum absolute atomic E-state index is 0.242. The third-order valence-corrected chi connectivity index (χ3v) is 2.93. The molecule has 0 radical (unpaired) electrons. The minimum Gasteiger partial charge on any atom is -0.480 e. The Bertz CT molecular complexity index is 356. The highest BCUT2D eigenvalue weighted by molar-refractivity contribution is 7.80. The molecular weight excluding hydrogens is 240 g/mol. The molecule has 0 bridgehead atoms. The second kappa shape index (κ2) is 7.26. The molecule has 1 heterocycles. The summed E-state index contributed by atoms with van der Waals surface area (Å²) in [5.41, 5.74) is 0. The summed E-state index contributed by atoms with van der Waals surface area (Å²) in [5, 5.41) is 20.0. The Morgan fingerprint density at radius 2 is 2.12 bits per heavy atom. The van der Waals surface area contributed by atoms with Gasteiger partial charge in [0.1, 0.15) is 0 Å². The lowest BCUT2D eigenvalue weighted by atomic mass is 10.1. The van der Waals surface area contributed by atoms with Gasteiger partial charge in [0.25, 0.3) is 0 Å². The van der Waals surface area contributed by atoms with Gasteiger partial charge in [-0.3, -0.25) is 0 Å². The number of tetrazole rings is 1. The predicted molar refractivity (Wildman–Crippen MR) is 65.1 cm³/mol. The second-order valence-electron chi connectivity index (χ2n) is 3.98. The lowest BCUT2D eigenvalue weighted by molar-refractivity contribution is -0.141. The van der Waals surface area contributed by atoms with E-state index in [9.17, 15) is 4.79 Å². The van der Waals surface area contributed by atoms with Gasteiger partial charge in [0, 0.05) is 0 Å². The number of unbranched alkanes of at least 4 members (excludes halogenated alkanes) is 4. The van der Waals surface area contributed by atoms with Gasteiger partial charge in [-0.2, -0.15) is 0 Å². The van der Waals surface area contributed by atoms with Crippen LogP contribution < -0.4 is 0 Å². The van der Waals surface area contributed by atoms with Crippen molar-refractivity contribution in [3.8, 4) is 0 Å². The average molecular weight is 258 g/mol. The number of nitrogens with zero attached hydrogens (tertiary/aromatic N) is 4. The summed E-state index contributed by atoms with van der Waals surface area (Å²) in [6.45, 7) is 2.15. The lowest BCUT2D eigenvalue weighted by Crippen LogP contribution is -2.20. The summed E-state index contributed by atoms with van der Waals surface area (Å²) >= 11 is 4.02. The Morgan fingerprint density at radius 1 is 1.41 bits per heavy atom. The maximum atomic E-state index is 11.1. The summed E-state index contributed by atoms with van der Waals surface area (Å²) in [6, 6.07) is -0.709. The molecular formula is C10H18N4O2S. The van der Waals surface area contributed by atoms with Gasteiger partial charge in [-0.1, -0.05) is 39.0 Å². The Hall–Kier alpha value is -1.11. The van der Waals surface area contributed by atoms with E-state index in [2.05, 4.69) is 35.1 Å². The molecule has 1 aromatic heterocycles. The van der Waals surface area contributed by atoms with Gasteiger partial charge in [0.05, 0.1) is 0 Å². The van der Waals surface area contributed by atoms with Crippen molar-refractivity contribution in [3.05, 3.63) is 0 Å². The van der Waals surface area contributed by atoms with Crippen LogP contribution in [0.2, 0.25) is 0 Å². The van der Waals surface area contributed by atoms with Crippen molar-refractivity contribution in [2.45, 2.75) is 56.6 Å². The molecule has 0 saturated heterocycles. The molecule has 1 aromatic rings. The van der Waals surface area contributed by atoms with Gasteiger partial charge in [-0.15, -0.1) is 17.7 Å². The van der Waals surface area contributed by atoms with E-state index >= 15 is 0 Å². The number of hydrogen-bond donors (Lipinski definition) is 2. The van der Waals surface area contributed by atoms with Gasteiger partial charge in [-0.25, -0.2) is 9.48 Å². The van der Waals surface area contributed by atoms with Crippen LogP contribution in [-0.4, -0.2) is 31.3 Å². The van der Waals surface area contributed by atoms with Crippen molar-refractivity contribution < 1.29 is 9.90 Å². The topological polar surface area (TPSA) is 80.9 Å². The van der Waals surface area contributed by atoms with Crippen LogP contribution in [0, 0.1) is 0 Å². The molecule has 0 aromatic carbocycles. The zero-order valence-corrected chi connectivity index (χ0v) is 10.8. The number of carboxylic acids is 1. The largest absolute Gasteiger partial charge is 0.480 e. The van der Waals surface area contributed by atoms with Crippen molar-refractivity contribution in [1.82, 2.24) is 20.2 Å². The van der Waals surface area contributed by atoms with E-state index in [-0.39, 0.29) is 5.16 Å². The minimum atomic E-state index is -0.914. The molecule has 1 atom stereocenters. The molecule has 0 aliphatic rings. The van der Waals surface area contributed by atoms with Crippen LogP contribution in [0.1, 0.15) is 51.5 Å². The highest BCUT2D eigenvalue weighted by Gasteiger charge is 2.22. The van der Waals surface area contributed by atoms with Crippen LogP contribution in [-0.2, 0) is 4.79 Å². The van der Waals surface area contributed by atoms with E-state index in [1.165, 1.54) is 17.5 Å². The third-order valence-electron chi connectivity index (χ3n) is 2.64. The number of thiol groups is 1. The number of hydrogen-bond acceptors (Lipinski definition) is 5. The Labute approximate surface area is 106 Å². The number of aliphatic carboxylic acids is 1. The van der Waals surface area contributed by atoms with Gasteiger partial charge in [-0.05, 0) is 16.8 Å². The molecule has 0 saturated carbocycles. The van der Waals surface area contributed by atoms with Gasteiger partial charge >= 0.3 is 5.97 Å². The Balaban J connectivity index is 2.45. The van der Waals surface area contributed by atoms with Crippen molar-refractivity contribution in [2.24, 2.45) is 0 Å². The molecule has 7 heteroatoms. The standard InChI is InChI=1S/C10H18N4O2S/c1-2-3-4-5-6-7-8(9(15)16)14-10(17)11-12-13-14/h8H,2-7H2,1H3,(H,15,16)(H,11,13,17). The first kappa shape index (κ1) is 14.0. The average Bonchev–Trinajstić information content (AvgIpc) is 2.69. The van der Waals surface area contributed by atoms with Gasteiger partial charge < -0.3 is 5.11 Å². The normalized spacial score (nSPS) is 12.6. The summed E-state index contributed by atoms with van der Waals surface area (Å²) < 4.78 is 1.26. The molecule has 96 valence electrons. The van der Waals surface area contributed by atoms with E-state index in [1.54, 1.807) is 0 Å². The van der Waals surface area contributed by atoms with Crippen molar-refractivity contribution >= 4 is 18.6 Å². The molecule has 1 N–H and O–H groups in total. The molecule has 0 aliphatic carbocycles. The van der Waals surface area contributed by atoms with Crippen LogP contribution >= 0.6 is 12.6 Å². The first-order valence-corrected chi connectivity index (χ1v) is 6.31. The fourth-order valence-corrected chi connectivity index (χ4v) is 1.90. The number of rotatable bonds is 8. The van der Waals surface area contributed by atoms with Gasteiger partial charge in [0.15, 0.2) is 6.04 Å². The first-order valence-electron chi connectivity index (χ1n) is 5.86. The smallest absolute Gasteiger partial charge is 0.328 e. The maximum Gasteiger partial charge on any atom is 0.328 e. The van der Waals surface area contributed by atoms with Crippen LogP contribution in [0.25, 0.3) is 0 Å². The monoisotopic (exact) mass is 258 g/mol. The predicted octanol–water partition coefficient (Wildman–Crippen LogP) is 1.95. The summed E-state index contributed by atoms with van der Waals surface area (Å²) in [6.07, 6.45) is 5.96. The quantitative estimate of drug-likeness (QED) is 0.550. The van der Waals surface area contributed by atoms with E-state index in [0.29, 0.717) is 6.42 Å². The van der Waals surface area contributed by atoms with Gasteiger partial charge in [0.2, 0.25) is 5.16 Å². The molecule has 6 nitrogen and oxygen atoms in total. The fourth-order valence-electron chi connectivity index (χ4n) is 1.68. The van der Waals surface area contributed by atoms with Crippen LogP contribution in [0.3, 0.4) is 0 Å². The SMILES string of the molecule is CCCCCCCC(C(=O)O)n1nnnc1S. The molecule has 1 unspecified atom stereocenters. The van der Waals surface area contributed by atoms with E-state index in [1.807, 2.05) is 0 Å². The molecule has 17 heavy (non-hydrogen) atoms. The lowest BCUT2D eigenvalue weighted by Gasteiger charge is -2.12. The van der Waals surface area contributed by atoms with Crippen molar-refractivity contribution in [1.29, 1.82) is 0 Å². The first-order chi connectivity index (χ1) is 8.16. The molecule has 0 amide bonds. The second-order valence-corrected chi connectivity index (χ2v) is 4.38. The van der Waals surface area contributed by atoms with E-state index < -0.39 is 12.0 Å². The summed E-state index contributed by atoms with van der Waals surface area (Å²) in [7, 11) is 0. The number of carbonyl (C=O) groups is 1. The molecule has 0 aliphatic heterocycles. The van der Waals surface area contributed by atoms with Crippen LogP contribution in [0.4, 0.5) is 0 Å².